The summed E-state index contributed by atoms with van der Waals surface area (Å²) in [4.78, 5) is 12.2. The lowest BCUT2D eigenvalue weighted by Crippen LogP contribution is -2.22. The zero-order valence-electron chi connectivity index (χ0n) is 14.2. The average molecular weight is 351 g/mol. The number of hydrogen-bond donors (Lipinski definition) is 2. The van der Waals surface area contributed by atoms with Crippen molar-refractivity contribution in [2.75, 3.05) is 0 Å². The van der Waals surface area contributed by atoms with Gasteiger partial charge in [-0.15, -0.1) is 0 Å². The summed E-state index contributed by atoms with van der Waals surface area (Å²) in [6.07, 6.45) is 0. The van der Waals surface area contributed by atoms with Crippen molar-refractivity contribution in [3.05, 3.63) is 89.2 Å². The highest BCUT2D eigenvalue weighted by Crippen LogP contribution is 2.26. The number of nitrogens with one attached hydrogen (secondary N) is 1. The zero-order valence-corrected chi connectivity index (χ0v) is 14.2. The number of benzene rings is 3. The molecule has 3 rings (SSSR count). The van der Waals surface area contributed by atoms with Crippen LogP contribution < -0.4 is 10.1 Å². The highest BCUT2D eigenvalue weighted by atomic mass is 19.1. The Morgan fingerprint density at radius 2 is 1.81 bits per heavy atom. The second kappa shape index (κ2) is 7.70. The van der Waals surface area contributed by atoms with Crippen LogP contribution >= 0.6 is 0 Å². The van der Waals surface area contributed by atoms with Crippen LogP contribution in [-0.2, 0) is 6.54 Å². The van der Waals surface area contributed by atoms with Crippen LogP contribution in [0.1, 0.15) is 21.5 Å². The predicted molar refractivity (Wildman–Crippen MR) is 96.9 cm³/mol. The van der Waals surface area contributed by atoms with Gasteiger partial charge in [0.1, 0.15) is 23.1 Å². The monoisotopic (exact) mass is 351 g/mol. The molecule has 2 N–H and O–H groups in total. The van der Waals surface area contributed by atoms with Crippen LogP contribution in [0.5, 0.6) is 17.2 Å². The number of rotatable bonds is 5. The molecule has 0 radical (unpaired) electrons. The molecule has 0 heterocycles. The number of amides is 1. The Bertz CT molecular complexity index is 923. The van der Waals surface area contributed by atoms with E-state index in [2.05, 4.69) is 5.32 Å². The van der Waals surface area contributed by atoms with E-state index >= 15 is 0 Å². The molecule has 3 aromatic carbocycles. The topological polar surface area (TPSA) is 58.6 Å². The van der Waals surface area contributed by atoms with Gasteiger partial charge in [0.15, 0.2) is 0 Å². The molecule has 0 saturated carbocycles. The quantitative estimate of drug-likeness (QED) is 0.708. The number of phenols is 1. The van der Waals surface area contributed by atoms with Crippen molar-refractivity contribution < 1.29 is 19.0 Å². The van der Waals surface area contributed by atoms with Crippen LogP contribution in [0.4, 0.5) is 4.39 Å². The van der Waals surface area contributed by atoms with Crippen molar-refractivity contribution in [2.45, 2.75) is 13.5 Å². The molecule has 0 aromatic heterocycles. The Morgan fingerprint density at radius 1 is 1.08 bits per heavy atom. The summed E-state index contributed by atoms with van der Waals surface area (Å²) in [5.74, 6) is 0.421. The van der Waals surface area contributed by atoms with Crippen molar-refractivity contribution in [3.8, 4) is 17.2 Å². The second-order valence-corrected chi connectivity index (χ2v) is 5.86. The lowest BCUT2D eigenvalue weighted by Gasteiger charge is -2.12. The predicted octanol–water partition coefficient (Wildman–Crippen LogP) is 4.56. The van der Waals surface area contributed by atoms with Crippen LogP contribution in [0.25, 0.3) is 0 Å². The van der Waals surface area contributed by atoms with E-state index in [1.165, 1.54) is 18.2 Å². The third-order valence-corrected chi connectivity index (χ3v) is 3.90. The van der Waals surface area contributed by atoms with Crippen molar-refractivity contribution in [1.82, 2.24) is 5.32 Å². The van der Waals surface area contributed by atoms with Gasteiger partial charge < -0.3 is 15.2 Å². The number of para-hydroxylation sites is 1. The van der Waals surface area contributed by atoms with Crippen LogP contribution in [0.15, 0.2) is 66.7 Å². The van der Waals surface area contributed by atoms with Crippen molar-refractivity contribution >= 4 is 5.91 Å². The second-order valence-electron chi connectivity index (χ2n) is 5.86. The van der Waals surface area contributed by atoms with Gasteiger partial charge in [-0.1, -0.05) is 24.3 Å². The molecule has 132 valence electrons. The fraction of sp³-hybridized carbons (Fsp3) is 0.0952. The van der Waals surface area contributed by atoms with Gasteiger partial charge in [0.05, 0.1) is 5.56 Å². The first-order valence-electron chi connectivity index (χ1n) is 8.12. The van der Waals surface area contributed by atoms with E-state index in [9.17, 15) is 14.3 Å². The molecule has 0 aliphatic heterocycles. The average Bonchev–Trinajstić information content (AvgIpc) is 2.64. The largest absolute Gasteiger partial charge is 0.507 e. The molecule has 0 saturated heterocycles. The van der Waals surface area contributed by atoms with Crippen molar-refractivity contribution in [2.24, 2.45) is 0 Å². The molecule has 1 amide bonds. The third-order valence-electron chi connectivity index (χ3n) is 3.90. The van der Waals surface area contributed by atoms with Crippen LogP contribution in [0.2, 0.25) is 0 Å². The van der Waals surface area contributed by atoms with E-state index in [-0.39, 0.29) is 29.6 Å². The SMILES string of the molecule is Cc1ccc(CNC(=O)c2ccccc2O)cc1Oc1ccc(F)cc1. The van der Waals surface area contributed by atoms with Crippen LogP contribution in [0, 0.1) is 12.7 Å². The molecule has 0 atom stereocenters. The number of halogens is 1. The highest BCUT2D eigenvalue weighted by molar-refractivity contribution is 5.96. The number of ether oxygens (including phenoxy) is 1. The molecule has 0 aliphatic rings. The van der Waals surface area contributed by atoms with Gasteiger partial charge >= 0.3 is 0 Å². The number of hydrogen-bond acceptors (Lipinski definition) is 3. The van der Waals surface area contributed by atoms with Crippen molar-refractivity contribution in [3.63, 3.8) is 0 Å². The Labute approximate surface area is 150 Å². The number of carbonyl (C=O) groups is 1. The van der Waals surface area contributed by atoms with Gasteiger partial charge in [-0.05, 0) is 60.5 Å². The maximum Gasteiger partial charge on any atom is 0.255 e. The summed E-state index contributed by atoms with van der Waals surface area (Å²) in [5, 5.41) is 12.5. The summed E-state index contributed by atoms with van der Waals surface area (Å²) in [6.45, 7) is 2.19. The fourth-order valence-corrected chi connectivity index (χ4v) is 2.44. The van der Waals surface area contributed by atoms with Crippen LogP contribution in [0.3, 0.4) is 0 Å². The van der Waals surface area contributed by atoms with Crippen LogP contribution in [-0.4, -0.2) is 11.0 Å². The van der Waals surface area contributed by atoms with Gasteiger partial charge in [-0.3, -0.25) is 4.79 Å². The minimum absolute atomic E-state index is 0.0609. The van der Waals surface area contributed by atoms with Crippen molar-refractivity contribution in [1.29, 1.82) is 0 Å². The summed E-state index contributed by atoms with van der Waals surface area (Å²) in [7, 11) is 0. The standard InChI is InChI=1S/C21H18FNO3/c1-14-6-7-15(12-20(14)26-17-10-8-16(22)9-11-17)13-23-21(25)18-4-2-3-5-19(18)24/h2-12,24H,13H2,1H3,(H,23,25). The van der Waals surface area contributed by atoms with Gasteiger partial charge in [0.2, 0.25) is 0 Å². The zero-order chi connectivity index (χ0) is 18.5. The van der Waals surface area contributed by atoms with E-state index in [1.807, 2.05) is 25.1 Å². The van der Waals surface area contributed by atoms with Gasteiger partial charge in [0.25, 0.3) is 5.91 Å². The van der Waals surface area contributed by atoms with E-state index < -0.39 is 0 Å². The van der Waals surface area contributed by atoms with E-state index in [0.717, 1.165) is 11.1 Å². The van der Waals surface area contributed by atoms with E-state index in [4.69, 9.17) is 4.74 Å². The lowest BCUT2D eigenvalue weighted by atomic mass is 10.1. The molecular weight excluding hydrogens is 333 g/mol. The van der Waals surface area contributed by atoms with E-state index in [0.29, 0.717) is 11.5 Å². The highest BCUT2D eigenvalue weighted by Gasteiger charge is 2.10. The molecule has 0 bridgehead atoms. The molecule has 4 nitrogen and oxygen atoms in total. The third kappa shape index (κ3) is 4.19. The van der Waals surface area contributed by atoms with Gasteiger partial charge in [-0.25, -0.2) is 4.39 Å². The smallest absolute Gasteiger partial charge is 0.255 e. The minimum Gasteiger partial charge on any atom is -0.507 e. The summed E-state index contributed by atoms with van der Waals surface area (Å²) in [5.41, 5.74) is 1.99. The normalized spacial score (nSPS) is 10.4. The molecule has 0 spiro atoms. The molecule has 0 fully saturated rings. The first-order valence-corrected chi connectivity index (χ1v) is 8.12. The van der Waals surface area contributed by atoms with Gasteiger partial charge in [0, 0.05) is 6.54 Å². The Kier molecular flexibility index (Phi) is 5.17. The lowest BCUT2D eigenvalue weighted by molar-refractivity contribution is 0.0948. The number of aryl methyl sites for hydroxylation is 1. The van der Waals surface area contributed by atoms with E-state index in [1.54, 1.807) is 30.3 Å². The van der Waals surface area contributed by atoms with Gasteiger partial charge in [-0.2, -0.15) is 0 Å². The Hall–Kier alpha value is -3.34. The first-order chi connectivity index (χ1) is 12.5. The summed E-state index contributed by atoms with van der Waals surface area (Å²) < 4.78 is 18.8. The Balaban J connectivity index is 1.70. The minimum atomic E-state index is -0.357. The molecule has 26 heavy (non-hydrogen) atoms. The maximum atomic E-state index is 13.0. The number of carbonyl (C=O) groups excluding carboxylic acids is 1. The molecule has 3 aromatic rings. The summed E-state index contributed by atoms with van der Waals surface area (Å²) in [6, 6.07) is 17.8. The first kappa shape index (κ1) is 17.5. The maximum absolute atomic E-state index is 13.0. The summed E-state index contributed by atoms with van der Waals surface area (Å²) >= 11 is 0. The molecule has 0 aliphatic carbocycles. The number of phenolic OH excluding ortho intramolecular Hbond substituents is 1. The molecule has 0 unspecified atom stereocenters. The molecular formula is C21H18FNO3. The fourth-order valence-electron chi connectivity index (χ4n) is 2.44. The Morgan fingerprint density at radius 3 is 2.54 bits per heavy atom. The number of aromatic hydroxyl groups is 1. The molecule has 5 heteroatoms.